The summed E-state index contributed by atoms with van der Waals surface area (Å²) in [5, 5.41) is 3.02. The van der Waals surface area contributed by atoms with Crippen LogP contribution in [0, 0.1) is 0 Å². The molecule has 26 heavy (non-hydrogen) atoms. The predicted octanol–water partition coefficient (Wildman–Crippen LogP) is 0.812. The van der Waals surface area contributed by atoms with Crippen LogP contribution >= 0.6 is 0 Å². The Bertz CT molecular complexity index is 827. The number of nitrogens with two attached hydrogens (primary N) is 5. The van der Waals surface area contributed by atoms with Gasteiger partial charge in [0.25, 0.3) is 0 Å². The number of rotatable bonds is 7. The molecule has 9 nitrogen and oxygen atoms in total. The van der Waals surface area contributed by atoms with Crippen LogP contribution in [0.4, 0.5) is 28.7 Å². The monoisotopic (exact) mass is 355 g/mol. The Labute approximate surface area is 152 Å². The predicted molar refractivity (Wildman–Crippen MR) is 109 cm³/mol. The largest absolute Gasteiger partial charge is 0.404 e. The van der Waals surface area contributed by atoms with Gasteiger partial charge in [-0.3, -0.25) is 4.99 Å². The number of hydrazine groups is 1. The molecule has 1 aromatic heterocycles. The lowest BCUT2D eigenvalue weighted by molar-refractivity contribution is 1.07. The van der Waals surface area contributed by atoms with Gasteiger partial charge in [-0.15, -0.1) is 0 Å². The van der Waals surface area contributed by atoms with Crippen LogP contribution in [0.15, 0.2) is 41.0 Å². The van der Waals surface area contributed by atoms with Crippen molar-refractivity contribution < 1.29 is 0 Å². The summed E-state index contributed by atoms with van der Waals surface area (Å²) in [6.07, 6.45) is 3.63. The maximum atomic E-state index is 6.04. The van der Waals surface area contributed by atoms with E-state index in [9.17, 15) is 0 Å². The lowest BCUT2D eigenvalue weighted by Crippen LogP contribution is -2.14. The van der Waals surface area contributed by atoms with Gasteiger partial charge >= 0.3 is 0 Å². The van der Waals surface area contributed by atoms with Crippen molar-refractivity contribution in [1.29, 1.82) is 0 Å². The van der Waals surface area contributed by atoms with Crippen molar-refractivity contribution in [2.75, 3.05) is 35.0 Å². The zero-order chi connectivity index (χ0) is 19.1. The van der Waals surface area contributed by atoms with Gasteiger partial charge in [0.15, 0.2) is 5.82 Å². The Balaban J connectivity index is 2.09. The molecule has 0 spiro atoms. The normalized spacial score (nSPS) is 11.7. The second kappa shape index (κ2) is 8.58. The molecule has 2 rings (SSSR count). The first-order valence-corrected chi connectivity index (χ1v) is 7.96. The van der Waals surface area contributed by atoms with Crippen molar-refractivity contribution in [2.45, 2.75) is 13.0 Å². The van der Waals surface area contributed by atoms with E-state index in [4.69, 9.17) is 28.8 Å². The van der Waals surface area contributed by atoms with Gasteiger partial charge in [0.05, 0.1) is 23.6 Å². The molecule has 0 atom stereocenters. The third-order valence-corrected chi connectivity index (χ3v) is 3.83. The van der Waals surface area contributed by atoms with E-state index in [1.54, 1.807) is 12.3 Å². The first-order chi connectivity index (χ1) is 12.5. The third kappa shape index (κ3) is 4.54. The Kier molecular flexibility index (Phi) is 6.23. The van der Waals surface area contributed by atoms with Crippen LogP contribution in [0.1, 0.15) is 11.1 Å². The summed E-state index contributed by atoms with van der Waals surface area (Å²) in [5.41, 5.74) is 30.4. The number of anilines is 5. The highest BCUT2D eigenvalue weighted by atomic mass is 15.3. The molecule has 0 aliphatic rings. The molecule has 0 unspecified atom stereocenters. The molecule has 9 heteroatoms. The van der Waals surface area contributed by atoms with E-state index in [0.29, 0.717) is 36.0 Å². The molecule has 0 radical (unpaired) electrons. The topological polar surface area (TPSA) is 179 Å². The van der Waals surface area contributed by atoms with Crippen molar-refractivity contribution in [2.24, 2.45) is 16.6 Å². The third-order valence-electron chi connectivity index (χ3n) is 3.83. The number of allylic oxidation sites excluding steroid dienone is 1. The summed E-state index contributed by atoms with van der Waals surface area (Å²) < 4.78 is 0. The van der Waals surface area contributed by atoms with Crippen LogP contribution in [-0.4, -0.2) is 18.2 Å². The van der Waals surface area contributed by atoms with Crippen LogP contribution in [0.2, 0.25) is 0 Å². The zero-order valence-electron chi connectivity index (χ0n) is 14.7. The summed E-state index contributed by atoms with van der Waals surface area (Å²) in [6, 6.07) is 7.45. The summed E-state index contributed by atoms with van der Waals surface area (Å²) in [6.45, 7) is 0.481. The van der Waals surface area contributed by atoms with E-state index in [-0.39, 0.29) is 0 Å². The molecule has 1 aromatic carbocycles. The first-order valence-electron chi connectivity index (χ1n) is 7.96. The number of nitrogens with zero attached hydrogens (tertiary/aromatic N) is 2. The van der Waals surface area contributed by atoms with Gasteiger partial charge in [-0.05, 0) is 41.1 Å². The second-order valence-electron chi connectivity index (χ2n) is 5.67. The van der Waals surface area contributed by atoms with E-state index >= 15 is 0 Å². The molecule has 0 saturated carbocycles. The quantitative estimate of drug-likeness (QED) is 0.165. The fraction of sp³-hybridized carbons (Fsp3) is 0.176. The van der Waals surface area contributed by atoms with Crippen LogP contribution in [0.5, 0.6) is 0 Å². The number of nitrogen functional groups attached to an aromatic ring is 4. The van der Waals surface area contributed by atoms with Gasteiger partial charge in [0.1, 0.15) is 5.82 Å². The van der Waals surface area contributed by atoms with Crippen LogP contribution in [-0.2, 0) is 13.0 Å². The number of pyridine rings is 1. The van der Waals surface area contributed by atoms with E-state index < -0.39 is 0 Å². The molecule has 138 valence electrons. The number of aromatic nitrogens is 1. The zero-order valence-corrected chi connectivity index (χ0v) is 14.7. The number of benzene rings is 1. The first kappa shape index (κ1) is 18.9. The lowest BCUT2D eigenvalue weighted by atomic mass is 10.1. The molecule has 12 N–H and O–H groups in total. The van der Waals surface area contributed by atoms with Crippen molar-refractivity contribution in [3.8, 4) is 0 Å². The smallest absolute Gasteiger partial charge is 0.165 e. The van der Waals surface area contributed by atoms with Crippen molar-refractivity contribution in [3.63, 3.8) is 0 Å². The number of nitrogens with one attached hydrogen (secondary N) is 2. The molecule has 0 aliphatic carbocycles. The molecule has 0 saturated heterocycles. The van der Waals surface area contributed by atoms with Gasteiger partial charge < -0.3 is 33.7 Å². The highest BCUT2D eigenvalue weighted by molar-refractivity contribution is 5.80. The summed E-state index contributed by atoms with van der Waals surface area (Å²) in [7, 11) is 1.82. The molecule has 0 amide bonds. The Morgan fingerprint density at radius 2 is 2.00 bits per heavy atom. The van der Waals surface area contributed by atoms with Gasteiger partial charge in [-0.2, -0.15) is 0 Å². The maximum Gasteiger partial charge on any atom is 0.165 e. The molecule has 2 aromatic rings. The van der Waals surface area contributed by atoms with Gasteiger partial charge in [0.2, 0.25) is 0 Å². The Morgan fingerprint density at radius 3 is 2.62 bits per heavy atom. The van der Waals surface area contributed by atoms with Crippen molar-refractivity contribution in [1.82, 2.24) is 4.98 Å². The average molecular weight is 355 g/mol. The van der Waals surface area contributed by atoms with Crippen LogP contribution < -0.4 is 39.5 Å². The van der Waals surface area contributed by atoms with E-state index in [1.165, 1.54) is 6.20 Å². The van der Waals surface area contributed by atoms with Crippen molar-refractivity contribution in [3.05, 3.63) is 47.2 Å². The van der Waals surface area contributed by atoms with Gasteiger partial charge in [-0.25, -0.2) is 10.8 Å². The lowest BCUT2D eigenvalue weighted by Gasteiger charge is -2.11. The Morgan fingerprint density at radius 1 is 1.23 bits per heavy atom. The Hall–Kier alpha value is -3.46. The minimum absolute atomic E-state index is 0.315. The number of aliphatic imine (C=N–C) groups is 1. The molecule has 0 bridgehead atoms. The van der Waals surface area contributed by atoms with E-state index in [1.807, 2.05) is 25.2 Å². The highest BCUT2D eigenvalue weighted by Crippen LogP contribution is 2.24. The molecular formula is C17H25N9. The number of hydrogen-bond donors (Lipinski definition) is 7. The number of hydrogen-bond acceptors (Lipinski definition) is 9. The van der Waals surface area contributed by atoms with Crippen LogP contribution in [0.3, 0.4) is 0 Å². The van der Waals surface area contributed by atoms with Gasteiger partial charge in [-0.1, -0.05) is 6.07 Å². The standard InChI is InChI=1S/C17H25N9/c1-23-14-3-2-10(5-13(14)19)8-24-9-11(7-18)4-12-6-15(20)25-17(26-22)16(12)21/h2-3,5-7,9,23H,4,8,18-19,21-22H2,1H3,(H3,20,25,26). The summed E-state index contributed by atoms with van der Waals surface area (Å²) in [5.74, 6) is 6.04. The van der Waals surface area contributed by atoms with Crippen molar-refractivity contribution >= 4 is 34.9 Å². The molecular weight excluding hydrogens is 330 g/mol. The minimum atomic E-state index is 0.315. The van der Waals surface area contributed by atoms with E-state index in [0.717, 1.165) is 22.4 Å². The summed E-state index contributed by atoms with van der Waals surface area (Å²) >= 11 is 0. The molecule has 1 heterocycles. The SMILES string of the molecule is CNc1ccc(CN=CC(=CN)Cc2cc(N)nc(NN)c2N)cc1N. The average Bonchev–Trinajstić information content (AvgIpc) is 2.63. The van der Waals surface area contributed by atoms with Gasteiger partial charge in [0, 0.05) is 19.7 Å². The second-order valence-corrected chi connectivity index (χ2v) is 5.67. The maximum absolute atomic E-state index is 6.04. The highest BCUT2D eigenvalue weighted by Gasteiger charge is 2.09. The molecule has 0 aliphatic heterocycles. The summed E-state index contributed by atoms with van der Waals surface area (Å²) in [4.78, 5) is 8.45. The van der Waals surface area contributed by atoms with Crippen LogP contribution in [0.25, 0.3) is 0 Å². The minimum Gasteiger partial charge on any atom is -0.404 e. The van der Waals surface area contributed by atoms with E-state index in [2.05, 4.69) is 20.7 Å². The fourth-order valence-corrected chi connectivity index (χ4v) is 2.46. The fourth-order valence-electron chi connectivity index (χ4n) is 2.46. The molecule has 0 fully saturated rings.